The SMILES string of the molecule is CCCCCCC[N+]1(CCCCC)CCCC1. The minimum atomic E-state index is 1.37. The third kappa shape index (κ3) is 5.90. The van der Waals surface area contributed by atoms with Crippen LogP contribution < -0.4 is 0 Å². The van der Waals surface area contributed by atoms with Gasteiger partial charge in [-0.15, -0.1) is 0 Å². The number of likely N-dealkylation sites (tertiary alicyclic amines) is 1. The molecule has 1 heterocycles. The molecule has 17 heavy (non-hydrogen) atoms. The molecule has 0 amide bonds. The monoisotopic (exact) mass is 240 g/mol. The van der Waals surface area contributed by atoms with Crippen LogP contribution in [0.3, 0.4) is 0 Å². The first kappa shape index (κ1) is 15.0. The van der Waals surface area contributed by atoms with Crippen molar-refractivity contribution in [3.8, 4) is 0 Å². The van der Waals surface area contributed by atoms with Gasteiger partial charge in [-0.05, 0) is 25.7 Å². The van der Waals surface area contributed by atoms with Crippen LogP contribution in [0.4, 0.5) is 0 Å². The van der Waals surface area contributed by atoms with Crippen LogP contribution in [-0.4, -0.2) is 30.7 Å². The summed E-state index contributed by atoms with van der Waals surface area (Å²) in [5.41, 5.74) is 0. The fourth-order valence-electron chi connectivity index (χ4n) is 3.31. The second kappa shape index (κ2) is 8.97. The number of unbranched alkanes of at least 4 members (excludes halogenated alkanes) is 6. The summed E-state index contributed by atoms with van der Waals surface area (Å²) in [4.78, 5) is 0. The first-order valence-corrected chi connectivity index (χ1v) is 8.18. The van der Waals surface area contributed by atoms with Crippen LogP contribution in [0.15, 0.2) is 0 Å². The van der Waals surface area contributed by atoms with E-state index in [1.165, 1.54) is 94.9 Å². The molecule has 0 aliphatic carbocycles. The highest BCUT2D eigenvalue weighted by Crippen LogP contribution is 2.22. The van der Waals surface area contributed by atoms with Crippen LogP contribution in [0.2, 0.25) is 0 Å². The van der Waals surface area contributed by atoms with Gasteiger partial charge in [0.25, 0.3) is 0 Å². The zero-order chi connectivity index (χ0) is 12.4. The van der Waals surface area contributed by atoms with Gasteiger partial charge in [-0.3, -0.25) is 0 Å². The lowest BCUT2D eigenvalue weighted by Gasteiger charge is -2.34. The molecule has 1 aliphatic heterocycles. The van der Waals surface area contributed by atoms with E-state index < -0.39 is 0 Å². The van der Waals surface area contributed by atoms with Gasteiger partial charge in [-0.1, -0.05) is 39.5 Å². The molecule has 1 rings (SSSR count). The molecule has 1 heteroatoms. The summed E-state index contributed by atoms with van der Waals surface area (Å²) in [6, 6.07) is 0. The highest BCUT2D eigenvalue weighted by atomic mass is 15.4. The zero-order valence-electron chi connectivity index (χ0n) is 12.3. The van der Waals surface area contributed by atoms with Crippen molar-refractivity contribution in [2.75, 3.05) is 26.2 Å². The Morgan fingerprint density at radius 1 is 0.647 bits per heavy atom. The summed E-state index contributed by atoms with van der Waals surface area (Å²) in [7, 11) is 0. The average molecular weight is 240 g/mol. The first-order chi connectivity index (χ1) is 8.33. The third-order valence-corrected chi connectivity index (χ3v) is 4.49. The second-order valence-corrected chi connectivity index (χ2v) is 6.06. The lowest BCUT2D eigenvalue weighted by Crippen LogP contribution is -2.46. The summed E-state index contributed by atoms with van der Waals surface area (Å²) < 4.78 is 1.48. The maximum Gasteiger partial charge on any atom is 0.0788 e. The maximum absolute atomic E-state index is 2.32. The van der Waals surface area contributed by atoms with E-state index in [2.05, 4.69) is 13.8 Å². The van der Waals surface area contributed by atoms with Crippen molar-refractivity contribution >= 4 is 0 Å². The average Bonchev–Trinajstić information content (AvgIpc) is 2.79. The van der Waals surface area contributed by atoms with Crippen LogP contribution in [-0.2, 0) is 0 Å². The Labute approximate surface area is 109 Å². The van der Waals surface area contributed by atoms with Crippen LogP contribution >= 0.6 is 0 Å². The Kier molecular flexibility index (Phi) is 7.92. The molecule has 0 unspecified atom stereocenters. The molecule has 0 aromatic rings. The van der Waals surface area contributed by atoms with Gasteiger partial charge in [0.05, 0.1) is 26.2 Å². The van der Waals surface area contributed by atoms with Crippen molar-refractivity contribution < 1.29 is 4.48 Å². The van der Waals surface area contributed by atoms with Gasteiger partial charge < -0.3 is 4.48 Å². The molecule has 0 spiro atoms. The number of quaternary nitrogens is 1. The van der Waals surface area contributed by atoms with Gasteiger partial charge in [-0.2, -0.15) is 0 Å². The number of hydrogen-bond acceptors (Lipinski definition) is 0. The van der Waals surface area contributed by atoms with Gasteiger partial charge in [-0.25, -0.2) is 0 Å². The van der Waals surface area contributed by atoms with E-state index >= 15 is 0 Å². The predicted octanol–water partition coefficient (Wildman–Crippen LogP) is 4.76. The van der Waals surface area contributed by atoms with E-state index in [1.54, 1.807) is 0 Å². The quantitative estimate of drug-likeness (QED) is 0.381. The highest BCUT2D eigenvalue weighted by Gasteiger charge is 2.30. The molecule has 0 radical (unpaired) electrons. The fourth-order valence-corrected chi connectivity index (χ4v) is 3.31. The van der Waals surface area contributed by atoms with Crippen molar-refractivity contribution in [2.45, 2.75) is 78.1 Å². The topological polar surface area (TPSA) is 0 Å². The van der Waals surface area contributed by atoms with E-state index in [4.69, 9.17) is 0 Å². The second-order valence-electron chi connectivity index (χ2n) is 6.06. The van der Waals surface area contributed by atoms with Crippen molar-refractivity contribution in [2.24, 2.45) is 0 Å². The molecular formula is C16H34N+. The predicted molar refractivity (Wildman–Crippen MR) is 77.2 cm³/mol. The number of hydrogen-bond donors (Lipinski definition) is 0. The minimum Gasteiger partial charge on any atom is -0.324 e. The summed E-state index contributed by atoms with van der Waals surface area (Å²) >= 11 is 0. The summed E-state index contributed by atoms with van der Waals surface area (Å²) in [5, 5.41) is 0. The molecule has 0 atom stereocenters. The molecule has 1 saturated heterocycles. The first-order valence-electron chi connectivity index (χ1n) is 8.18. The van der Waals surface area contributed by atoms with Crippen LogP contribution in [0.25, 0.3) is 0 Å². The summed E-state index contributed by atoms with van der Waals surface area (Å²) in [6.45, 7) is 10.5. The normalized spacial score (nSPS) is 18.7. The molecule has 0 aromatic heterocycles. The molecule has 0 bridgehead atoms. The van der Waals surface area contributed by atoms with E-state index in [0.29, 0.717) is 0 Å². The van der Waals surface area contributed by atoms with E-state index in [-0.39, 0.29) is 0 Å². The van der Waals surface area contributed by atoms with E-state index in [0.717, 1.165) is 0 Å². The Morgan fingerprint density at radius 3 is 1.71 bits per heavy atom. The Hall–Kier alpha value is -0.0400. The van der Waals surface area contributed by atoms with Crippen molar-refractivity contribution in [3.05, 3.63) is 0 Å². The Balaban J connectivity index is 2.17. The Morgan fingerprint density at radius 2 is 1.12 bits per heavy atom. The molecule has 0 saturated carbocycles. The van der Waals surface area contributed by atoms with Crippen molar-refractivity contribution in [1.82, 2.24) is 0 Å². The van der Waals surface area contributed by atoms with E-state index in [1.807, 2.05) is 0 Å². The fraction of sp³-hybridized carbons (Fsp3) is 1.00. The standard InChI is InChI=1S/C16H34N/c1-3-5-7-8-10-14-17(13-9-6-4-2)15-11-12-16-17/h3-16H2,1-2H3/q+1. The van der Waals surface area contributed by atoms with Gasteiger partial charge in [0, 0.05) is 12.8 Å². The zero-order valence-corrected chi connectivity index (χ0v) is 12.3. The van der Waals surface area contributed by atoms with Crippen molar-refractivity contribution in [3.63, 3.8) is 0 Å². The summed E-state index contributed by atoms with van der Waals surface area (Å²) in [6.07, 6.45) is 14.5. The van der Waals surface area contributed by atoms with E-state index in [9.17, 15) is 0 Å². The Bertz CT molecular complexity index is 170. The number of rotatable bonds is 10. The molecule has 1 nitrogen and oxygen atoms in total. The van der Waals surface area contributed by atoms with Gasteiger partial charge in [0.15, 0.2) is 0 Å². The van der Waals surface area contributed by atoms with Gasteiger partial charge >= 0.3 is 0 Å². The third-order valence-electron chi connectivity index (χ3n) is 4.49. The molecule has 102 valence electrons. The smallest absolute Gasteiger partial charge is 0.0788 e. The molecule has 1 aliphatic rings. The molecule has 1 fully saturated rings. The van der Waals surface area contributed by atoms with Gasteiger partial charge in [0.1, 0.15) is 0 Å². The maximum atomic E-state index is 2.32. The lowest BCUT2D eigenvalue weighted by atomic mass is 10.1. The number of nitrogens with zero attached hydrogens (tertiary/aromatic N) is 1. The largest absolute Gasteiger partial charge is 0.324 e. The minimum absolute atomic E-state index is 1.37. The lowest BCUT2D eigenvalue weighted by molar-refractivity contribution is -0.917. The molecule has 0 N–H and O–H groups in total. The summed E-state index contributed by atoms with van der Waals surface area (Å²) in [5.74, 6) is 0. The van der Waals surface area contributed by atoms with Crippen LogP contribution in [0.1, 0.15) is 78.1 Å². The van der Waals surface area contributed by atoms with Gasteiger partial charge in [0.2, 0.25) is 0 Å². The molecular weight excluding hydrogens is 206 g/mol. The molecule has 0 aromatic carbocycles. The van der Waals surface area contributed by atoms with Crippen molar-refractivity contribution in [1.29, 1.82) is 0 Å². The van der Waals surface area contributed by atoms with Crippen LogP contribution in [0, 0.1) is 0 Å². The highest BCUT2D eigenvalue weighted by molar-refractivity contribution is 4.56. The van der Waals surface area contributed by atoms with Crippen LogP contribution in [0.5, 0.6) is 0 Å².